The summed E-state index contributed by atoms with van der Waals surface area (Å²) in [5.74, 6) is 0.00831. The van der Waals surface area contributed by atoms with Gasteiger partial charge < -0.3 is 18.6 Å². The van der Waals surface area contributed by atoms with Crippen molar-refractivity contribution in [3.63, 3.8) is 0 Å². The number of rotatable bonds is 5. The van der Waals surface area contributed by atoms with E-state index in [2.05, 4.69) is 15.2 Å². The second-order valence-corrected chi connectivity index (χ2v) is 4.41. The Morgan fingerprint density at radius 3 is 2.91 bits per heavy atom. The van der Waals surface area contributed by atoms with Gasteiger partial charge in [0.15, 0.2) is 18.2 Å². The maximum atomic E-state index is 11.8. The molecule has 22 heavy (non-hydrogen) atoms. The van der Waals surface area contributed by atoms with Crippen LogP contribution in [0.3, 0.4) is 0 Å². The molecule has 0 aliphatic rings. The number of carbonyl (C=O) groups is 2. The fourth-order valence-electron chi connectivity index (χ4n) is 1.73. The Hall–Kier alpha value is -3.16. The Morgan fingerprint density at radius 1 is 1.36 bits per heavy atom. The van der Waals surface area contributed by atoms with Gasteiger partial charge in [0.2, 0.25) is 0 Å². The molecule has 0 fully saturated rings. The fraction of sp³-hybridized carbons (Fsp3) is 0.143. The first kappa shape index (κ1) is 13.8. The highest BCUT2D eigenvalue weighted by molar-refractivity contribution is 5.97. The topological polar surface area (TPSA) is 111 Å². The van der Waals surface area contributed by atoms with Crippen LogP contribution in [0, 0.1) is 0 Å². The number of hydrogen-bond acceptors (Lipinski definition) is 7. The molecule has 0 aliphatic heterocycles. The Bertz CT molecular complexity index is 800. The zero-order chi connectivity index (χ0) is 15.5. The normalized spacial score (nSPS) is 10.6. The molecule has 0 aliphatic carbocycles. The van der Waals surface area contributed by atoms with Gasteiger partial charge in [-0.25, -0.2) is 4.79 Å². The van der Waals surface area contributed by atoms with E-state index in [0.717, 1.165) is 0 Å². The first-order valence-corrected chi connectivity index (χ1v) is 6.36. The number of H-pyrrole nitrogens is 1. The molecule has 8 heteroatoms. The molecule has 3 heterocycles. The first-order chi connectivity index (χ1) is 10.6. The number of furan rings is 1. The molecule has 0 saturated carbocycles. The number of nitrogens with zero attached hydrogens (tertiary/aromatic N) is 2. The molecule has 0 atom stereocenters. The van der Waals surface area contributed by atoms with Crippen molar-refractivity contribution < 1.29 is 23.2 Å². The predicted octanol–water partition coefficient (Wildman–Crippen LogP) is 2.22. The second kappa shape index (κ2) is 5.68. The van der Waals surface area contributed by atoms with Crippen molar-refractivity contribution in [2.75, 3.05) is 0 Å². The van der Waals surface area contributed by atoms with Crippen LogP contribution in [0.5, 0.6) is 0 Å². The number of ketones is 1. The Labute approximate surface area is 124 Å². The summed E-state index contributed by atoms with van der Waals surface area (Å²) in [5.41, 5.74) is 0.584. The van der Waals surface area contributed by atoms with Crippen LogP contribution in [0.2, 0.25) is 0 Å². The van der Waals surface area contributed by atoms with Gasteiger partial charge >= 0.3 is 5.97 Å². The summed E-state index contributed by atoms with van der Waals surface area (Å²) >= 11 is 0. The van der Waals surface area contributed by atoms with Gasteiger partial charge in [-0.3, -0.25) is 4.79 Å². The average Bonchev–Trinajstić information content (AvgIpc) is 3.23. The van der Waals surface area contributed by atoms with Gasteiger partial charge in [-0.15, -0.1) is 10.2 Å². The van der Waals surface area contributed by atoms with Gasteiger partial charge in [0.25, 0.3) is 11.8 Å². The highest BCUT2D eigenvalue weighted by Crippen LogP contribution is 2.18. The molecule has 3 aromatic heterocycles. The fourth-order valence-corrected chi connectivity index (χ4v) is 1.73. The van der Waals surface area contributed by atoms with E-state index in [4.69, 9.17) is 13.6 Å². The summed E-state index contributed by atoms with van der Waals surface area (Å²) in [7, 11) is 0. The maximum absolute atomic E-state index is 11.8. The van der Waals surface area contributed by atoms with Crippen LogP contribution in [0.15, 0.2) is 39.5 Å². The number of aromatic nitrogens is 3. The minimum Gasteiger partial charge on any atom is -0.459 e. The highest BCUT2D eigenvalue weighted by Gasteiger charge is 2.15. The van der Waals surface area contributed by atoms with Gasteiger partial charge in [-0.1, -0.05) is 0 Å². The van der Waals surface area contributed by atoms with Crippen molar-refractivity contribution in [2.24, 2.45) is 0 Å². The first-order valence-electron chi connectivity index (χ1n) is 6.36. The zero-order valence-corrected chi connectivity index (χ0v) is 11.5. The van der Waals surface area contributed by atoms with Crippen LogP contribution in [0.1, 0.15) is 33.7 Å². The molecule has 0 bridgehead atoms. The Morgan fingerprint density at radius 2 is 2.23 bits per heavy atom. The van der Waals surface area contributed by atoms with E-state index in [1.54, 1.807) is 12.1 Å². The molecule has 0 radical (unpaired) electrons. The molecule has 112 valence electrons. The number of aromatic amines is 1. The molecule has 0 saturated heterocycles. The molecular formula is C14H11N3O5. The summed E-state index contributed by atoms with van der Waals surface area (Å²) in [5, 5.41) is 7.54. The number of hydrogen-bond donors (Lipinski definition) is 1. The van der Waals surface area contributed by atoms with Crippen molar-refractivity contribution in [1.82, 2.24) is 15.2 Å². The van der Waals surface area contributed by atoms with Crippen molar-refractivity contribution in [3.8, 4) is 11.7 Å². The Kier molecular flexibility index (Phi) is 3.57. The molecule has 0 spiro atoms. The molecule has 1 N–H and O–H groups in total. The monoisotopic (exact) mass is 301 g/mol. The third-order valence-electron chi connectivity index (χ3n) is 2.83. The third kappa shape index (κ3) is 2.80. The van der Waals surface area contributed by atoms with Crippen LogP contribution in [-0.2, 0) is 11.3 Å². The summed E-state index contributed by atoms with van der Waals surface area (Å²) in [6.07, 6.45) is 2.93. The minimum atomic E-state index is -0.620. The van der Waals surface area contributed by atoms with Gasteiger partial charge in [0.1, 0.15) is 5.69 Å². The summed E-state index contributed by atoms with van der Waals surface area (Å²) in [6.45, 7) is 1.23. The number of carbonyl (C=O) groups excluding carboxylic acids is 2. The number of ether oxygens (including phenoxy) is 1. The van der Waals surface area contributed by atoms with Gasteiger partial charge in [-0.2, -0.15) is 0 Å². The van der Waals surface area contributed by atoms with E-state index >= 15 is 0 Å². The van der Waals surface area contributed by atoms with Gasteiger partial charge in [0.05, 0.1) is 6.26 Å². The van der Waals surface area contributed by atoms with Crippen LogP contribution in [-0.4, -0.2) is 26.9 Å². The molecule has 3 rings (SSSR count). The molecule has 8 nitrogen and oxygen atoms in total. The van der Waals surface area contributed by atoms with E-state index in [1.807, 2.05) is 0 Å². The van der Waals surface area contributed by atoms with Crippen LogP contribution < -0.4 is 0 Å². The lowest BCUT2D eigenvalue weighted by Gasteiger charge is -1.98. The molecule has 0 unspecified atom stereocenters. The third-order valence-corrected chi connectivity index (χ3v) is 2.83. The van der Waals surface area contributed by atoms with Gasteiger partial charge in [0, 0.05) is 11.8 Å². The lowest BCUT2D eigenvalue weighted by molar-refractivity contribution is 0.0432. The SMILES string of the molecule is CC(=O)c1c[nH]c(C(=O)OCc2nnc(-c3ccco3)o2)c1. The van der Waals surface area contributed by atoms with Crippen molar-refractivity contribution in [1.29, 1.82) is 0 Å². The van der Waals surface area contributed by atoms with Crippen LogP contribution in [0.4, 0.5) is 0 Å². The predicted molar refractivity (Wildman–Crippen MR) is 71.9 cm³/mol. The van der Waals surface area contributed by atoms with Crippen molar-refractivity contribution >= 4 is 11.8 Å². The standard InChI is InChI=1S/C14H11N3O5/c1-8(18)9-5-10(15-6-9)14(19)21-7-12-16-17-13(22-12)11-3-2-4-20-11/h2-6,15H,7H2,1H3. The number of Topliss-reactive ketones (excluding diaryl/α,β-unsaturated/α-hetero) is 1. The smallest absolute Gasteiger partial charge is 0.355 e. The van der Waals surface area contributed by atoms with Gasteiger partial charge in [-0.05, 0) is 25.1 Å². The Balaban J connectivity index is 1.62. The lowest BCUT2D eigenvalue weighted by atomic mass is 10.2. The summed E-state index contributed by atoms with van der Waals surface area (Å²) in [4.78, 5) is 25.7. The average molecular weight is 301 g/mol. The van der Waals surface area contributed by atoms with E-state index in [0.29, 0.717) is 11.3 Å². The van der Waals surface area contributed by atoms with E-state index in [9.17, 15) is 9.59 Å². The maximum Gasteiger partial charge on any atom is 0.355 e. The molecular weight excluding hydrogens is 290 g/mol. The zero-order valence-electron chi connectivity index (χ0n) is 11.5. The van der Waals surface area contributed by atoms with E-state index < -0.39 is 5.97 Å². The summed E-state index contributed by atoms with van der Waals surface area (Å²) in [6, 6.07) is 4.79. The molecule has 3 aromatic rings. The lowest BCUT2D eigenvalue weighted by Crippen LogP contribution is -2.05. The summed E-state index contributed by atoms with van der Waals surface area (Å²) < 4.78 is 15.4. The second-order valence-electron chi connectivity index (χ2n) is 4.41. The minimum absolute atomic E-state index is 0.137. The van der Waals surface area contributed by atoms with Crippen LogP contribution in [0.25, 0.3) is 11.7 Å². The molecule has 0 aromatic carbocycles. The van der Waals surface area contributed by atoms with Crippen LogP contribution >= 0.6 is 0 Å². The quantitative estimate of drug-likeness (QED) is 0.568. The van der Waals surface area contributed by atoms with Crippen molar-refractivity contribution in [3.05, 3.63) is 47.8 Å². The van der Waals surface area contributed by atoms with Crippen molar-refractivity contribution in [2.45, 2.75) is 13.5 Å². The van der Waals surface area contributed by atoms with E-state index in [1.165, 1.54) is 25.5 Å². The largest absolute Gasteiger partial charge is 0.459 e. The number of esters is 1. The molecule has 0 amide bonds. The van der Waals surface area contributed by atoms with E-state index in [-0.39, 0.29) is 29.9 Å². The highest BCUT2D eigenvalue weighted by atomic mass is 16.5. The number of nitrogens with one attached hydrogen (secondary N) is 1.